The van der Waals surface area contributed by atoms with Crippen LogP contribution in [0.3, 0.4) is 0 Å². The average molecular weight is 335 g/mol. The summed E-state index contributed by atoms with van der Waals surface area (Å²) in [6.07, 6.45) is 12.4. The molecule has 3 heterocycles. The topological polar surface area (TPSA) is 69.6 Å². The number of hydrogen-bond acceptors (Lipinski definition) is 5. The zero-order valence-electron chi connectivity index (χ0n) is 13.2. The Kier molecular flexibility index (Phi) is 4.04. The van der Waals surface area contributed by atoms with Gasteiger partial charge in [-0.2, -0.15) is 5.10 Å². The maximum atomic E-state index is 14.3. The van der Waals surface area contributed by atoms with Crippen LogP contribution in [0.1, 0.15) is 6.42 Å². The second-order valence-corrected chi connectivity index (χ2v) is 5.44. The molecule has 4 rings (SSSR count). The first kappa shape index (κ1) is 15.2. The van der Waals surface area contributed by atoms with E-state index in [4.69, 9.17) is 4.52 Å². The number of halogens is 1. The largest absolute Gasteiger partial charge is 0.364 e. The quantitative estimate of drug-likeness (QED) is 0.726. The Hall–Kier alpha value is -3.35. The summed E-state index contributed by atoms with van der Waals surface area (Å²) in [6, 6.07) is 5.29. The van der Waals surface area contributed by atoms with Gasteiger partial charge in [-0.15, -0.1) is 0 Å². The van der Waals surface area contributed by atoms with Gasteiger partial charge >= 0.3 is 0 Å². The second kappa shape index (κ2) is 6.64. The van der Waals surface area contributed by atoms with Crippen molar-refractivity contribution in [3.63, 3.8) is 0 Å². The van der Waals surface area contributed by atoms with E-state index in [1.165, 1.54) is 6.26 Å². The van der Waals surface area contributed by atoms with E-state index in [1.807, 2.05) is 18.2 Å². The molecule has 0 bridgehead atoms. The fourth-order valence-corrected chi connectivity index (χ4v) is 2.56. The van der Waals surface area contributed by atoms with Gasteiger partial charge in [0.2, 0.25) is 0 Å². The zero-order valence-corrected chi connectivity index (χ0v) is 13.2. The van der Waals surface area contributed by atoms with Crippen molar-refractivity contribution in [2.24, 2.45) is 0 Å². The van der Waals surface area contributed by atoms with Gasteiger partial charge < -0.3 is 4.52 Å². The van der Waals surface area contributed by atoms with Crippen LogP contribution in [-0.2, 0) is 6.54 Å². The third-order valence-electron chi connectivity index (χ3n) is 3.77. The molecule has 25 heavy (non-hydrogen) atoms. The summed E-state index contributed by atoms with van der Waals surface area (Å²) in [5.41, 5.74) is 2.46. The molecular formula is C18H14FN5O. The fourth-order valence-electron chi connectivity index (χ4n) is 2.56. The smallest absolute Gasteiger partial charge is 0.180 e. The lowest BCUT2D eigenvalue weighted by molar-refractivity contribution is 0.421. The molecule has 1 aliphatic rings. The fraction of sp³-hybridized carbons (Fsp3) is 0.111. The van der Waals surface area contributed by atoms with Crippen molar-refractivity contribution < 1.29 is 8.91 Å². The molecule has 6 nitrogen and oxygen atoms in total. The Balaban J connectivity index is 1.77. The molecule has 0 saturated carbocycles. The molecule has 0 atom stereocenters. The van der Waals surface area contributed by atoms with Crippen LogP contribution < -0.4 is 0 Å². The van der Waals surface area contributed by atoms with Crippen LogP contribution >= 0.6 is 0 Å². The maximum absolute atomic E-state index is 14.3. The number of hydrogen-bond donors (Lipinski definition) is 0. The van der Waals surface area contributed by atoms with Crippen molar-refractivity contribution in [3.05, 3.63) is 72.6 Å². The van der Waals surface area contributed by atoms with Crippen molar-refractivity contribution in [2.45, 2.75) is 13.0 Å². The molecule has 7 heteroatoms. The predicted octanol–water partition coefficient (Wildman–Crippen LogP) is 3.73. The van der Waals surface area contributed by atoms with Crippen LogP contribution in [0.4, 0.5) is 4.39 Å². The van der Waals surface area contributed by atoms with Crippen molar-refractivity contribution in [1.29, 1.82) is 0 Å². The molecular weight excluding hydrogens is 321 g/mol. The summed E-state index contributed by atoms with van der Waals surface area (Å²) >= 11 is 0. The minimum atomic E-state index is -0.246. The molecule has 0 amide bonds. The molecule has 0 fully saturated rings. The summed E-state index contributed by atoms with van der Waals surface area (Å²) < 4.78 is 20.9. The van der Waals surface area contributed by atoms with Crippen LogP contribution in [0.25, 0.3) is 22.9 Å². The normalized spacial score (nSPS) is 14.1. The predicted molar refractivity (Wildman–Crippen MR) is 89.8 cm³/mol. The lowest BCUT2D eigenvalue weighted by Crippen LogP contribution is -2.06. The molecule has 3 aromatic heterocycles. The summed E-state index contributed by atoms with van der Waals surface area (Å²) in [7, 11) is 0. The van der Waals surface area contributed by atoms with Gasteiger partial charge in [-0.3, -0.25) is 4.68 Å². The van der Waals surface area contributed by atoms with Crippen molar-refractivity contribution >= 4 is 0 Å². The standard InChI is InChI=1S/C18H14FN5O/c19-14-6-3-1-2-5-13(14)12-24-17(15-7-10-25-23-15)11-16(22-24)18-20-8-4-9-21-18/h1-2,4-11H,3,12H2. The van der Waals surface area contributed by atoms with E-state index in [9.17, 15) is 4.39 Å². The van der Waals surface area contributed by atoms with Crippen LogP contribution in [0, 0.1) is 0 Å². The number of aromatic nitrogens is 5. The summed E-state index contributed by atoms with van der Waals surface area (Å²) in [4.78, 5) is 8.44. The summed E-state index contributed by atoms with van der Waals surface area (Å²) in [5.74, 6) is 0.251. The van der Waals surface area contributed by atoms with Gasteiger partial charge in [0.1, 0.15) is 23.5 Å². The minimum Gasteiger partial charge on any atom is -0.364 e. The molecule has 0 radical (unpaired) electrons. The van der Waals surface area contributed by atoms with Gasteiger partial charge in [-0.1, -0.05) is 23.4 Å². The van der Waals surface area contributed by atoms with Gasteiger partial charge in [0.25, 0.3) is 0 Å². The van der Waals surface area contributed by atoms with Crippen LogP contribution in [0.5, 0.6) is 0 Å². The second-order valence-electron chi connectivity index (χ2n) is 5.44. The molecule has 1 aliphatic carbocycles. The molecule has 0 aromatic carbocycles. The van der Waals surface area contributed by atoms with Gasteiger partial charge in [-0.05, 0) is 24.6 Å². The average Bonchev–Trinajstić information content (AvgIpc) is 3.26. The molecule has 124 valence electrons. The van der Waals surface area contributed by atoms with E-state index < -0.39 is 0 Å². The van der Waals surface area contributed by atoms with E-state index in [-0.39, 0.29) is 12.4 Å². The highest BCUT2D eigenvalue weighted by atomic mass is 19.1. The minimum absolute atomic E-state index is 0.246. The molecule has 0 spiro atoms. The first-order valence-corrected chi connectivity index (χ1v) is 7.79. The first-order chi connectivity index (χ1) is 12.3. The first-order valence-electron chi connectivity index (χ1n) is 7.79. The molecule has 3 aromatic rings. The highest BCUT2D eigenvalue weighted by Gasteiger charge is 2.17. The number of allylic oxidation sites excluding steroid dienone is 6. The number of nitrogens with zero attached hydrogens (tertiary/aromatic N) is 5. The highest BCUT2D eigenvalue weighted by Crippen LogP contribution is 2.26. The van der Waals surface area contributed by atoms with E-state index in [2.05, 4.69) is 20.2 Å². The lowest BCUT2D eigenvalue weighted by atomic mass is 10.2. The maximum Gasteiger partial charge on any atom is 0.180 e. The monoisotopic (exact) mass is 335 g/mol. The third kappa shape index (κ3) is 3.16. The highest BCUT2D eigenvalue weighted by molar-refractivity contribution is 5.62. The lowest BCUT2D eigenvalue weighted by Gasteiger charge is -2.07. The van der Waals surface area contributed by atoms with Crippen LogP contribution in [0.2, 0.25) is 0 Å². The van der Waals surface area contributed by atoms with E-state index in [0.29, 0.717) is 34.9 Å². The van der Waals surface area contributed by atoms with Gasteiger partial charge in [0.05, 0.1) is 12.2 Å². The van der Waals surface area contributed by atoms with Crippen molar-refractivity contribution in [2.75, 3.05) is 0 Å². The Morgan fingerprint density at radius 3 is 2.88 bits per heavy atom. The van der Waals surface area contributed by atoms with E-state index in [1.54, 1.807) is 41.4 Å². The summed E-state index contributed by atoms with van der Waals surface area (Å²) in [5, 5.41) is 8.51. The number of rotatable bonds is 4. The SMILES string of the molecule is FC1=CCC=CC=C1Cn1nc(-c2ncccn2)cc1-c1ccon1. The van der Waals surface area contributed by atoms with Gasteiger partial charge in [0, 0.05) is 24.0 Å². The Morgan fingerprint density at radius 2 is 2.08 bits per heavy atom. The molecule has 0 saturated heterocycles. The third-order valence-corrected chi connectivity index (χ3v) is 3.77. The molecule has 0 aliphatic heterocycles. The van der Waals surface area contributed by atoms with Crippen LogP contribution in [0.15, 0.2) is 77.1 Å². The van der Waals surface area contributed by atoms with Crippen molar-refractivity contribution in [1.82, 2.24) is 24.9 Å². The Labute approximate surface area is 143 Å². The molecule has 0 unspecified atom stereocenters. The summed E-state index contributed by atoms with van der Waals surface area (Å²) in [6.45, 7) is 0.266. The Bertz CT molecular complexity index is 955. The van der Waals surface area contributed by atoms with Gasteiger partial charge in [0.15, 0.2) is 5.82 Å². The van der Waals surface area contributed by atoms with Crippen molar-refractivity contribution in [3.8, 4) is 22.9 Å². The van der Waals surface area contributed by atoms with Crippen LogP contribution in [-0.4, -0.2) is 24.9 Å². The Morgan fingerprint density at radius 1 is 1.20 bits per heavy atom. The zero-order chi connectivity index (χ0) is 17.1. The van der Waals surface area contributed by atoms with E-state index in [0.717, 1.165) is 0 Å². The van der Waals surface area contributed by atoms with Gasteiger partial charge in [-0.25, -0.2) is 14.4 Å². The van der Waals surface area contributed by atoms with E-state index >= 15 is 0 Å². The molecule has 0 N–H and O–H groups in total.